The zero-order valence-electron chi connectivity index (χ0n) is 10.4. The monoisotopic (exact) mass is 226 g/mol. The summed E-state index contributed by atoms with van der Waals surface area (Å²) in [5.41, 5.74) is 9.04. The summed E-state index contributed by atoms with van der Waals surface area (Å²) in [6.07, 6.45) is 3.06. The smallest absolute Gasteiger partial charge is 0.0702 e. The summed E-state index contributed by atoms with van der Waals surface area (Å²) in [7, 11) is 0. The molecule has 0 spiro atoms. The van der Waals surface area contributed by atoms with Gasteiger partial charge in [0, 0.05) is 17.6 Å². The maximum atomic E-state index is 6.35. The number of hydrogen-bond donors (Lipinski definition) is 1. The number of nitrogens with zero attached hydrogens (tertiary/aromatic N) is 1. The van der Waals surface area contributed by atoms with E-state index in [1.54, 1.807) is 0 Å². The third-order valence-corrected chi connectivity index (χ3v) is 4.04. The Labute approximate surface area is 102 Å². The van der Waals surface area contributed by atoms with Crippen LogP contribution >= 0.6 is 0 Å². The van der Waals surface area contributed by atoms with E-state index in [0.717, 1.165) is 5.52 Å². The van der Waals surface area contributed by atoms with Crippen LogP contribution in [0.25, 0.3) is 10.9 Å². The maximum Gasteiger partial charge on any atom is 0.0702 e. The lowest BCUT2D eigenvalue weighted by molar-refractivity contribution is 0.492. The molecule has 1 fully saturated rings. The molecule has 0 bridgehead atoms. The second-order valence-corrected chi connectivity index (χ2v) is 5.78. The summed E-state index contributed by atoms with van der Waals surface area (Å²) in [6.45, 7) is 4.58. The fraction of sp³-hybridized carbons (Fsp3) is 0.400. The predicted octanol–water partition coefficient (Wildman–Crippen LogP) is 3.28. The summed E-state index contributed by atoms with van der Waals surface area (Å²) < 4.78 is 0. The highest BCUT2D eigenvalue weighted by atomic mass is 14.7. The average molecular weight is 226 g/mol. The van der Waals surface area contributed by atoms with E-state index < -0.39 is 0 Å². The van der Waals surface area contributed by atoms with Crippen molar-refractivity contribution < 1.29 is 0 Å². The Balaban J connectivity index is 1.96. The molecule has 1 aromatic carbocycles. The molecule has 3 rings (SSSR count). The molecule has 88 valence electrons. The number of nitrogens with two attached hydrogens (primary N) is 1. The number of hydrogen-bond acceptors (Lipinski definition) is 2. The molecular weight excluding hydrogens is 208 g/mol. The molecule has 0 saturated heterocycles. The van der Waals surface area contributed by atoms with Crippen molar-refractivity contribution in [1.82, 2.24) is 4.98 Å². The van der Waals surface area contributed by atoms with Gasteiger partial charge in [-0.05, 0) is 41.5 Å². The highest BCUT2D eigenvalue weighted by Gasteiger charge is 2.49. The number of fused-ring (bicyclic) bond motifs is 1. The van der Waals surface area contributed by atoms with E-state index in [1.807, 2.05) is 12.3 Å². The highest BCUT2D eigenvalue weighted by molar-refractivity contribution is 5.79. The molecule has 2 nitrogen and oxygen atoms in total. The fourth-order valence-electron chi connectivity index (χ4n) is 2.65. The van der Waals surface area contributed by atoms with Crippen molar-refractivity contribution in [1.29, 1.82) is 0 Å². The number of aromatic nitrogens is 1. The van der Waals surface area contributed by atoms with Crippen LogP contribution in [0.3, 0.4) is 0 Å². The lowest BCUT2D eigenvalue weighted by atomic mass is 9.97. The van der Waals surface area contributed by atoms with E-state index in [1.165, 1.54) is 17.4 Å². The maximum absolute atomic E-state index is 6.35. The van der Waals surface area contributed by atoms with Gasteiger partial charge in [0.1, 0.15) is 0 Å². The minimum absolute atomic E-state index is 0.162. The Morgan fingerprint density at radius 3 is 2.82 bits per heavy atom. The van der Waals surface area contributed by atoms with E-state index in [2.05, 4.69) is 43.1 Å². The van der Waals surface area contributed by atoms with Crippen LogP contribution in [0.5, 0.6) is 0 Å². The topological polar surface area (TPSA) is 38.9 Å². The van der Waals surface area contributed by atoms with Crippen molar-refractivity contribution in [3.05, 3.63) is 42.1 Å². The Morgan fingerprint density at radius 2 is 2.12 bits per heavy atom. The quantitative estimate of drug-likeness (QED) is 0.853. The van der Waals surface area contributed by atoms with Crippen LogP contribution < -0.4 is 5.73 Å². The van der Waals surface area contributed by atoms with Gasteiger partial charge in [-0.15, -0.1) is 0 Å². The Morgan fingerprint density at radius 1 is 1.35 bits per heavy atom. The molecule has 1 aliphatic carbocycles. The first kappa shape index (κ1) is 10.7. The Hall–Kier alpha value is -1.41. The predicted molar refractivity (Wildman–Crippen MR) is 70.6 cm³/mol. The van der Waals surface area contributed by atoms with E-state index in [0.29, 0.717) is 11.3 Å². The summed E-state index contributed by atoms with van der Waals surface area (Å²) >= 11 is 0. The molecule has 1 aliphatic rings. The first-order valence-electron chi connectivity index (χ1n) is 6.18. The fourth-order valence-corrected chi connectivity index (χ4v) is 2.65. The van der Waals surface area contributed by atoms with E-state index in [4.69, 9.17) is 5.73 Å². The summed E-state index contributed by atoms with van der Waals surface area (Å²) in [5, 5.41) is 1.18. The zero-order valence-corrected chi connectivity index (χ0v) is 10.4. The molecule has 1 saturated carbocycles. The molecule has 0 amide bonds. The van der Waals surface area contributed by atoms with Crippen LogP contribution in [0.2, 0.25) is 0 Å². The van der Waals surface area contributed by atoms with Gasteiger partial charge in [-0.1, -0.05) is 26.0 Å². The van der Waals surface area contributed by atoms with Crippen molar-refractivity contribution in [2.24, 2.45) is 17.1 Å². The van der Waals surface area contributed by atoms with Crippen molar-refractivity contribution in [2.75, 3.05) is 0 Å². The molecule has 1 heterocycles. The van der Waals surface area contributed by atoms with E-state index in [9.17, 15) is 0 Å². The van der Waals surface area contributed by atoms with Gasteiger partial charge >= 0.3 is 0 Å². The third kappa shape index (κ3) is 1.83. The van der Waals surface area contributed by atoms with Crippen LogP contribution in [0.4, 0.5) is 0 Å². The SMILES string of the molecule is CC1(C)CC1C(N)c1ccc2ncccc2c1. The van der Waals surface area contributed by atoms with Crippen molar-refractivity contribution >= 4 is 10.9 Å². The molecule has 2 atom stereocenters. The van der Waals surface area contributed by atoms with Gasteiger partial charge in [0.05, 0.1) is 5.52 Å². The van der Waals surface area contributed by atoms with Gasteiger partial charge in [0.25, 0.3) is 0 Å². The third-order valence-electron chi connectivity index (χ3n) is 4.04. The average Bonchev–Trinajstić information content (AvgIpc) is 2.97. The van der Waals surface area contributed by atoms with Crippen LogP contribution in [0.15, 0.2) is 36.5 Å². The molecule has 17 heavy (non-hydrogen) atoms. The highest BCUT2D eigenvalue weighted by Crippen LogP contribution is 2.56. The summed E-state index contributed by atoms with van der Waals surface area (Å²) in [6, 6.07) is 10.6. The Kier molecular flexibility index (Phi) is 2.23. The van der Waals surface area contributed by atoms with E-state index >= 15 is 0 Å². The molecule has 2 heteroatoms. The van der Waals surface area contributed by atoms with E-state index in [-0.39, 0.29) is 6.04 Å². The molecule has 2 aromatic rings. The molecule has 0 radical (unpaired) electrons. The molecular formula is C15H18N2. The minimum atomic E-state index is 0.162. The number of benzene rings is 1. The summed E-state index contributed by atoms with van der Waals surface area (Å²) in [4.78, 5) is 4.33. The second kappa shape index (κ2) is 3.54. The normalized spacial score (nSPS) is 23.6. The van der Waals surface area contributed by atoms with Crippen LogP contribution in [-0.2, 0) is 0 Å². The lowest BCUT2D eigenvalue weighted by Gasteiger charge is -2.14. The number of rotatable bonds is 2. The summed E-state index contributed by atoms with van der Waals surface area (Å²) in [5.74, 6) is 0.622. The van der Waals surface area contributed by atoms with Crippen LogP contribution in [-0.4, -0.2) is 4.98 Å². The van der Waals surface area contributed by atoms with Gasteiger partial charge in [0.2, 0.25) is 0 Å². The van der Waals surface area contributed by atoms with Gasteiger partial charge in [-0.2, -0.15) is 0 Å². The Bertz CT molecular complexity index is 560. The van der Waals surface area contributed by atoms with Gasteiger partial charge in [-0.25, -0.2) is 0 Å². The first-order valence-corrected chi connectivity index (χ1v) is 6.18. The van der Waals surface area contributed by atoms with Gasteiger partial charge in [0.15, 0.2) is 0 Å². The minimum Gasteiger partial charge on any atom is -0.324 e. The number of pyridine rings is 1. The van der Waals surface area contributed by atoms with Crippen LogP contribution in [0.1, 0.15) is 31.9 Å². The standard InChI is InChI=1S/C15H18N2/c1-15(2)9-12(15)14(16)11-5-6-13-10(8-11)4-3-7-17-13/h3-8,12,14H,9,16H2,1-2H3. The van der Waals surface area contributed by atoms with Crippen molar-refractivity contribution in [2.45, 2.75) is 26.3 Å². The first-order chi connectivity index (χ1) is 8.08. The molecule has 2 N–H and O–H groups in total. The molecule has 2 unspecified atom stereocenters. The van der Waals surface area contributed by atoms with Gasteiger partial charge < -0.3 is 5.73 Å². The molecule has 1 aromatic heterocycles. The largest absolute Gasteiger partial charge is 0.324 e. The molecule has 0 aliphatic heterocycles. The van der Waals surface area contributed by atoms with Crippen LogP contribution in [0, 0.1) is 11.3 Å². The van der Waals surface area contributed by atoms with Crippen molar-refractivity contribution in [3.8, 4) is 0 Å². The van der Waals surface area contributed by atoms with Gasteiger partial charge in [-0.3, -0.25) is 4.98 Å². The lowest BCUT2D eigenvalue weighted by Crippen LogP contribution is -2.15. The zero-order chi connectivity index (χ0) is 12.0. The second-order valence-electron chi connectivity index (χ2n) is 5.78. The van der Waals surface area contributed by atoms with Crippen molar-refractivity contribution in [3.63, 3.8) is 0 Å².